The summed E-state index contributed by atoms with van der Waals surface area (Å²) in [5, 5.41) is 0. The molecule has 0 heterocycles. The second kappa shape index (κ2) is 5.35. The Balaban J connectivity index is 0.00000162. The molecule has 0 fully saturated rings. The first-order chi connectivity index (χ1) is 8.20. The summed E-state index contributed by atoms with van der Waals surface area (Å²) < 4.78 is 5.70. The minimum atomic E-state index is 0. The highest BCUT2D eigenvalue weighted by Crippen LogP contribution is 2.30. The summed E-state index contributed by atoms with van der Waals surface area (Å²) in [5.41, 5.74) is 4.27. The average molecular weight is 234 g/mol. The van der Waals surface area contributed by atoms with Crippen molar-refractivity contribution in [1.29, 1.82) is 0 Å². The minimum absolute atomic E-state index is 0. The number of carbonyl (C=O) groups is 1. The number of carbonyl (C=O) groups excluding carboxylic acids is 1. The molecule has 0 bridgehead atoms. The first-order valence-electron chi connectivity index (χ1n) is 6.47. The molecule has 0 atom stereocenters. The molecule has 1 aromatic rings. The van der Waals surface area contributed by atoms with Crippen molar-refractivity contribution in [2.75, 3.05) is 6.61 Å². The SMILES string of the molecule is CCC(=O)CCCOc1cc(C)c2c(c1)CC2.[HH]. The van der Waals surface area contributed by atoms with Gasteiger partial charge in [-0.25, -0.2) is 0 Å². The maximum Gasteiger partial charge on any atom is 0.132 e. The molecule has 94 valence electrons. The molecular weight excluding hydrogens is 212 g/mol. The number of fused-ring (bicyclic) bond motifs is 1. The fraction of sp³-hybridized carbons (Fsp3) is 0.533. The summed E-state index contributed by atoms with van der Waals surface area (Å²) in [6, 6.07) is 4.26. The Labute approximate surface area is 104 Å². The van der Waals surface area contributed by atoms with Gasteiger partial charge in [0.1, 0.15) is 11.5 Å². The van der Waals surface area contributed by atoms with Gasteiger partial charge >= 0.3 is 0 Å². The van der Waals surface area contributed by atoms with E-state index in [4.69, 9.17) is 4.74 Å². The van der Waals surface area contributed by atoms with Gasteiger partial charge in [-0.3, -0.25) is 4.79 Å². The maximum atomic E-state index is 11.1. The molecule has 0 radical (unpaired) electrons. The van der Waals surface area contributed by atoms with E-state index in [1.165, 1.54) is 29.5 Å². The van der Waals surface area contributed by atoms with E-state index in [0.717, 1.165) is 12.2 Å². The summed E-state index contributed by atoms with van der Waals surface area (Å²) in [5.74, 6) is 1.28. The first-order valence-corrected chi connectivity index (χ1v) is 6.47. The lowest BCUT2D eigenvalue weighted by Gasteiger charge is -2.22. The van der Waals surface area contributed by atoms with Crippen LogP contribution in [0.1, 0.15) is 44.3 Å². The Morgan fingerprint density at radius 2 is 2.24 bits per heavy atom. The van der Waals surface area contributed by atoms with Gasteiger partial charge in [0, 0.05) is 14.3 Å². The third kappa shape index (κ3) is 2.87. The third-order valence-corrected chi connectivity index (χ3v) is 3.45. The van der Waals surface area contributed by atoms with Crippen LogP contribution in [0.2, 0.25) is 0 Å². The Morgan fingerprint density at radius 3 is 2.82 bits per heavy atom. The Morgan fingerprint density at radius 1 is 1.41 bits per heavy atom. The second-order valence-electron chi connectivity index (χ2n) is 4.72. The lowest BCUT2D eigenvalue weighted by molar-refractivity contribution is -0.118. The van der Waals surface area contributed by atoms with Gasteiger partial charge in [0.15, 0.2) is 0 Å². The summed E-state index contributed by atoms with van der Waals surface area (Å²) >= 11 is 0. The van der Waals surface area contributed by atoms with Crippen molar-refractivity contribution >= 4 is 5.78 Å². The van der Waals surface area contributed by atoms with Gasteiger partial charge in [-0.1, -0.05) is 6.92 Å². The molecule has 0 amide bonds. The van der Waals surface area contributed by atoms with Gasteiger partial charge in [0.2, 0.25) is 0 Å². The molecule has 2 rings (SSSR count). The zero-order valence-corrected chi connectivity index (χ0v) is 10.7. The van der Waals surface area contributed by atoms with Gasteiger partial charge in [0.05, 0.1) is 6.61 Å². The fourth-order valence-electron chi connectivity index (χ4n) is 2.24. The summed E-state index contributed by atoms with van der Waals surface area (Å²) in [7, 11) is 0. The molecule has 17 heavy (non-hydrogen) atoms. The van der Waals surface area contributed by atoms with Gasteiger partial charge in [0.25, 0.3) is 0 Å². The number of ketones is 1. The maximum absolute atomic E-state index is 11.1. The highest BCUT2D eigenvalue weighted by molar-refractivity contribution is 5.77. The average Bonchev–Trinajstić information content (AvgIpc) is 2.27. The van der Waals surface area contributed by atoms with E-state index >= 15 is 0 Å². The highest BCUT2D eigenvalue weighted by Gasteiger charge is 2.16. The molecule has 0 aliphatic heterocycles. The Hall–Kier alpha value is -1.31. The lowest BCUT2D eigenvalue weighted by atomic mass is 9.85. The predicted molar refractivity (Wildman–Crippen MR) is 70.7 cm³/mol. The van der Waals surface area contributed by atoms with Crippen LogP contribution < -0.4 is 4.74 Å². The fourth-order valence-corrected chi connectivity index (χ4v) is 2.24. The van der Waals surface area contributed by atoms with Gasteiger partial charge in [-0.2, -0.15) is 0 Å². The van der Waals surface area contributed by atoms with Crippen molar-refractivity contribution < 1.29 is 11.0 Å². The molecule has 0 spiro atoms. The Bertz CT molecular complexity index is 409. The van der Waals surface area contributed by atoms with E-state index in [1.807, 2.05) is 6.92 Å². The van der Waals surface area contributed by atoms with Crippen molar-refractivity contribution in [3.63, 3.8) is 0 Å². The molecule has 0 saturated heterocycles. The molecule has 0 N–H and O–H groups in total. The van der Waals surface area contributed by atoms with E-state index in [9.17, 15) is 4.79 Å². The molecule has 1 aliphatic carbocycles. The van der Waals surface area contributed by atoms with Crippen LogP contribution in [0, 0.1) is 6.92 Å². The van der Waals surface area contributed by atoms with Gasteiger partial charge < -0.3 is 4.74 Å². The lowest BCUT2D eigenvalue weighted by Crippen LogP contribution is -2.11. The standard InChI is InChI=1S/C15H20O2.H2/c1-3-13(16)5-4-8-17-14-9-11(2)15-7-6-12(15)10-14;/h9-10H,3-8H2,1-2H3;1H. The second-order valence-corrected chi connectivity index (χ2v) is 4.72. The van der Waals surface area contributed by atoms with Gasteiger partial charge in [-0.15, -0.1) is 0 Å². The van der Waals surface area contributed by atoms with Crippen molar-refractivity contribution in [3.05, 3.63) is 28.8 Å². The number of hydrogen-bond acceptors (Lipinski definition) is 2. The number of aryl methyl sites for hydroxylation is 2. The zero-order valence-electron chi connectivity index (χ0n) is 10.7. The third-order valence-electron chi connectivity index (χ3n) is 3.45. The van der Waals surface area contributed by atoms with Crippen LogP contribution in [0.3, 0.4) is 0 Å². The molecule has 1 aromatic carbocycles. The highest BCUT2D eigenvalue weighted by atomic mass is 16.5. The molecule has 2 heteroatoms. The first kappa shape index (κ1) is 12.2. The monoisotopic (exact) mass is 234 g/mol. The summed E-state index contributed by atoms with van der Waals surface area (Å²) in [4.78, 5) is 11.1. The van der Waals surface area contributed by atoms with Crippen LogP contribution in [0.25, 0.3) is 0 Å². The molecule has 0 aromatic heterocycles. The van der Waals surface area contributed by atoms with Crippen molar-refractivity contribution in [2.24, 2.45) is 0 Å². The number of rotatable bonds is 6. The van der Waals surface area contributed by atoms with Gasteiger partial charge in [-0.05, 0) is 55.0 Å². The largest absolute Gasteiger partial charge is 0.494 e. The van der Waals surface area contributed by atoms with Crippen LogP contribution in [-0.4, -0.2) is 12.4 Å². The quantitative estimate of drug-likeness (QED) is 0.704. The van der Waals surface area contributed by atoms with E-state index in [-0.39, 0.29) is 1.43 Å². The van der Waals surface area contributed by atoms with Crippen LogP contribution in [0.15, 0.2) is 12.1 Å². The van der Waals surface area contributed by atoms with Crippen molar-refractivity contribution in [2.45, 2.75) is 46.0 Å². The van der Waals surface area contributed by atoms with Crippen LogP contribution in [-0.2, 0) is 17.6 Å². The number of hydrogen-bond donors (Lipinski definition) is 0. The molecule has 1 aliphatic rings. The van der Waals surface area contributed by atoms with E-state index in [2.05, 4.69) is 19.1 Å². The minimum Gasteiger partial charge on any atom is -0.494 e. The van der Waals surface area contributed by atoms with Crippen LogP contribution in [0.5, 0.6) is 5.75 Å². The van der Waals surface area contributed by atoms with Crippen LogP contribution >= 0.6 is 0 Å². The van der Waals surface area contributed by atoms with Crippen LogP contribution in [0.4, 0.5) is 0 Å². The van der Waals surface area contributed by atoms with Crippen molar-refractivity contribution in [3.8, 4) is 5.75 Å². The predicted octanol–water partition coefficient (Wildman–Crippen LogP) is 3.48. The smallest absolute Gasteiger partial charge is 0.132 e. The molecular formula is C15H22O2. The zero-order chi connectivity index (χ0) is 12.3. The summed E-state index contributed by atoms with van der Waals surface area (Å²) in [6.07, 6.45) is 4.50. The topological polar surface area (TPSA) is 26.3 Å². The number of Topliss-reactive ketones (excluding diaryl/α,β-unsaturated/α-hetero) is 1. The molecule has 2 nitrogen and oxygen atoms in total. The summed E-state index contributed by atoms with van der Waals surface area (Å²) in [6.45, 7) is 4.69. The van der Waals surface area contributed by atoms with E-state index in [1.54, 1.807) is 0 Å². The Kier molecular flexibility index (Phi) is 3.82. The normalized spacial score (nSPS) is 12.8. The molecule has 0 unspecified atom stereocenters. The molecule has 0 saturated carbocycles. The number of benzene rings is 1. The van der Waals surface area contributed by atoms with E-state index in [0.29, 0.717) is 25.2 Å². The van der Waals surface area contributed by atoms with E-state index < -0.39 is 0 Å². The van der Waals surface area contributed by atoms with Crippen molar-refractivity contribution in [1.82, 2.24) is 0 Å². The number of ether oxygens (including phenoxy) is 1.